The summed E-state index contributed by atoms with van der Waals surface area (Å²) in [6.07, 6.45) is -1.94. The second-order valence-electron chi connectivity index (χ2n) is 6.70. The maximum atomic E-state index is 13.8. The van der Waals surface area contributed by atoms with Gasteiger partial charge in [0.05, 0.1) is 0 Å². The van der Waals surface area contributed by atoms with Gasteiger partial charge in [0.1, 0.15) is 5.56 Å². The van der Waals surface area contributed by atoms with E-state index in [9.17, 15) is 26.7 Å². The molecule has 1 aromatic carbocycles. The standard InChI is InChI=1S/C17H23F5O5Si/c1-8(2)25-28(26-9(3)4,27-10(5)6)7-24-17(23)11-12(18)14(20)16(22)15(21)13(11)19/h8-10H,7H2,1-6H3. The third-order valence-electron chi connectivity index (χ3n) is 3.04. The molecule has 0 bridgehead atoms. The maximum absolute atomic E-state index is 13.8. The highest BCUT2D eigenvalue weighted by molar-refractivity contribution is 6.61. The summed E-state index contributed by atoms with van der Waals surface area (Å²) in [4.78, 5) is 12.1. The van der Waals surface area contributed by atoms with Crippen LogP contribution in [0.2, 0.25) is 0 Å². The minimum atomic E-state index is -3.70. The predicted octanol–water partition coefficient (Wildman–Crippen LogP) is 4.29. The zero-order valence-electron chi connectivity index (χ0n) is 16.4. The van der Waals surface area contributed by atoms with Gasteiger partial charge >= 0.3 is 14.8 Å². The Hall–Kier alpha value is -1.56. The van der Waals surface area contributed by atoms with E-state index in [4.69, 9.17) is 18.0 Å². The van der Waals surface area contributed by atoms with Crippen molar-refractivity contribution in [2.45, 2.75) is 59.9 Å². The fourth-order valence-electron chi connectivity index (χ4n) is 2.27. The van der Waals surface area contributed by atoms with Gasteiger partial charge in [0.2, 0.25) is 5.82 Å². The first-order valence-electron chi connectivity index (χ1n) is 8.53. The third kappa shape index (κ3) is 5.97. The van der Waals surface area contributed by atoms with Gasteiger partial charge in [-0.3, -0.25) is 0 Å². The molecule has 160 valence electrons. The normalized spacial score (nSPS) is 12.4. The van der Waals surface area contributed by atoms with Crippen LogP contribution < -0.4 is 0 Å². The van der Waals surface area contributed by atoms with E-state index in [0.717, 1.165) is 0 Å². The van der Waals surface area contributed by atoms with E-state index in [1.807, 2.05) is 0 Å². The minimum Gasteiger partial charge on any atom is -0.457 e. The first-order chi connectivity index (χ1) is 12.8. The molecule has 0 aliphatic heterocycles. The van der Waals surface area contributed by atoms with Crippen LogP contribution in [0.25, 0.3) is 0 Å². The molecule has 0 aliphatic rings. The van der Waals surface area contributed by atoms with Crippen molar-refractivity contribution in [1.29, 1.82) is 0 Å². The molecule has 1 rings (SSSR count). The van der Waals surface area contributed by atoms with E-state index >= 15 is 0 Å². The van der Waals surface area contributed by atoms with Crippen molar-refractivity contribution in [2.75, 3.05) is 6.23 Å². The summed E-state index contributed by atoms with van der Waals surface area (Å²) in [6, 6.07) is 0. The van der Waals surface area contributed by atoms with Crippen molar-refractivity contribution in [3.05, 3.63) is 34.6 Å². The molecule has 0 atom stereocenters. The third-order valence-corrected chi connectivity index (χ3v) is 6.03. The van der Waals surface area contributed by atoms with Gasteiger partial charge in [-0.15, -0.1) is 0 Å². The summed E-state index contributed by atoms with van der Waals surface area (Å²) in [6.45, 7) is 10.0. The number of rotatable bonds is 9. The van der Waals surface area contributed by atoms with Gasteiger partial charge < -0.3 is 18.0 Å². The van der Waals surface area contributed by atoms with Gasteiger partial charge in [-0.2, -0.15) is 0 Å². The molecule has 0 amide bonds. The van der Waals surface area contributed by atoms with Crippen molar-refractivity contribution < 1.29 is 44.8 Å². The average Bonchev–Trinajstić information content (AvgIpc) is 2.54. The lowest BCUT2D eigenvalue weighted by molar-refractivity contribution is -0.0185. The summed E-state index contributed by atoms with van der Waals surface area (Å²) in [7, 11) is -3.70. The van der Waals surface area contributed by atoms with Crippen LogP contribution in [0.5, 0.6) is 0 Å². The van der Waals surface area contributed by atoms with Crippen LogP contribution >= 0.6 is 0 Å². The van der Waals surface area contributed by atoms with Crippen molar-refractivity contribution in [3.8, 4) is 0 Å². The molecule has 0 unspecified atom stereocenters. The molecule has 0 spiro atoms. The Bertz CT molecular complexity index is 656. The molecule has 0 N–H and O–H groups in total. The van der Waals surface area contributed by atoms with Gasteiger partial charge in [-0.25, -0.2) is 26.7 Å². The number of hydrogen-bond donors (Lipinski definition) is 0. The van der Waals surface area contributed by atoms with Gasteiger partial charge in [0.25, 0.3) is 0 Å². The number of hydrogen-bond acceptors (Lipinski definition) is 5. The minimum absolute atomic E-state index is 0.419. The molecule has 0 radical (unpaired) electrons. The van der Waals surface area contributed by atoms with Gasteiger partial charge in [-0.05, 0) is 41.5 Å². The lowest BCUT2D eigenvalue weighted by Crippen LogP contribution is -2.55. The van der Waals surface area contributed by atoms with Crippen molar-refractivity contribution >= 4 is 14.8 Å². The summed E-state index contributed by atoms with van der Waals surface area (Å²) in [5.41, 5.74) is -1.70. The lowest BCUT2D eigenvalue weighted by Gasteiger charge is -2.33. The smallest absolute Gasteiger partial charge is 0.457 e. The van der Waals surface area contributed by atoms with Crippen molar-refractivity contribution in [3.63, 3.8) is 0 Å². The zero-order valence-corrected chi connectivity index (χ0v) is 17.4. The van der Waals surface area contributed by atoms with E-state index in [0.29, 0.717) is 0 Å². The quantitative estimate of drug-likeness (QED) is 0.192. The SMILES string of the molecule is CC(C)O[Si](COC(=O)c1c(F)c(F)c(F)c(F)c1F)(OC(C)C)OC(C)C. The first-order valence-corrected chi connectivity index (χ1v) is 10.5. The van der Waals surface area contributed by atoms with E-state index in [1.165, 1.54) is 0 Å². The van der Waals surface area contributed by atoms with Crippen LogP contribution in [0.4, 0.5) is 22.0 Å². The molecule has 0 aliphatic carbocycles. The highest BCUT2D eigenvalue weighted by Crippen LogP contribution is 2.25. The highest BCUT2D eigenvalue weighted by atomic mass is 28.4. The largest absolute Gasteiger partial charge is 0.541 e. The Labute approximate surface area is 161 Å². The monoisotopic (exact) mass is 430 g/mol. The van der Waals surface area contributed by atoms with Crippen LogP contribution in [0, 0.1) is 29.1 Å². The topological polar surface area (TPSA) is 54.0 Å². The molecule has 28 heavy (non-hydrogen) atoms. The van der Waals surface area contributed by atoms with E-state index in [2.05, 4.69) is 0 Å². The van der Waals surface area contributed by atoms with Crippen molar-refractivity contribution in [2.24, 2.45) is 0 Å². The summed E-state index contributed by atoms with van der Waals surface area (Å²) >= 11 is 0. The highest BCUT2D eigenvalue weighted by Gasteiger charge is 2.47. The van der Waals surface area contributed by atoms with Gasteiger partial charge in [0, 0.05) is 18.3 Å². The molecule has 0 aromatic heterocycles. The summed E-state index contributed by atoms with van der Waals surface area (Å²) in [5.74, 6) is -13.2. The fraction of sp³-hybridized carbons (Fsp3) is 0.588. The Kier molecular flexibility index (Phi) is 8.54. The van der Waals surface area contributed by atoms with E-state index in [-0.39, 0.29) is 0 Å². The van der Waals surface area contributed by atoms with E-state index < -0.39 is 74.0 Å². The number of carbonyl (C=O) groups is 1. The van der Waals surface area contributed by atoms with Crippen LogP contribution in [0.15, 0.2) is 0 Å². The Balaban J connectivity index is 3.21. The number of benzene rings is 1. The second kappa shape index (κ2) is 9.77. The number of halogens is 5. The average molecular weight is 430 g/mol. The second-order valence-corrected chi connectivity index (χ2v) is 9.07. The Morgan fingerprint density at radius 1 is 0.714 bits per heavy atom. The maximum Gasteiger partial charge on any atom is 0.541 e. The molecular formula is C17H23F5O5Si. The first kappa shape index (κ1) is 24.5. The summed E-state index contributed by atoms with van der Waals surface area (Å²) in [5, 5.41) is 0. The molecule has 1 aromatic rings. The van der Waals surface area contributed by atoms with Crippen LogP contribution in [-0.2, 0) is 18.0 Å². The number of carbonyl (C=O) groups excluding carboxylic acids is 1. The van der Waals surface area contributed by atoms with Gasteiger partial charge in [0.15, 0.2) is 29.5 Å². The van der Waals surface area contributed by atoms with Crippen LogP contribution in [0.3, 0.4) is 0 Å². The lowest BCUT2D eigenvalue weighted by atomic mass is 10.1. The van der Waals surface area contributed by atoms with Crippen molar-refractivity contribution in [1.82, 2.24) is 0 Å². The zero-order chi connectivity index (χ0) is 21.8. The molecule has 0 saturated heterocycles. The molecule has 0 heterocycles. The molecule has 11 heteroatoms. The molecule has 5 nitrogen and oxygen atoms in total. The van der Waals surface area contributed by atoms with E-state index in [1.54, 1.807) is 41.5 Å². The fourth-order valence-corrected chi connectivity index (χ4v) is 5.11. The Morgan fingerprint density at radius 2 is 1.04 bits per heavy atom. The number of ether oxygens (including phenoxy) is 1. The Morgan fingerprint density at radius 3 is 1.36 bits per heavy atom. The van der Waals surface area contributed by atoms with Gasteiger partial charge in [-0.1, -0.05) is 0 Å². The molecular weight excluding hydrogens is 407 g/mol. The van der Waals surface area contributed by atoms with Crippen LogP contribution in [0.1, 0.15) is 51.9 Å². The molecule has 0 saturated carbocycles. The van der Waals surface area contributed by atoms with Crippen LogP contribution in [-0.4, -0.2) is 39.3 Å². The molecule has 0 fully saturated rings. The summed E-state index contributed by atoms with van der Waals surface area (Å²) < 4.78 is 89.3. The predicted molar refractivity (Wildman–Crippen MR) is 90.9 cm³/mol. The number of esters is 1.